The topological polar surface area (TPSA) is 57.0 Å². The number of rotatable bonds is 4. The lowest BCUT2D eigenvalue weighted by atomic mass is 10.1. The maximum Gasteiger partial charge on any atom is 0.305 e. The summed E-state index contributed by atoms with van der Waals surface area (Å²) in [5.74, 6) is -0.188. The van der Waals surface area contributed by atoms with Crippen LogP contribution >= 0.6 is 0 Å². The van der Waals surface area contributed by atoms with E-state index in [2.05, 4.69) is 35.0 Å². The summed E-state index contributed by atoms with van der Waals surface area (Å²) in [5, 5.41) is 8.25. The van der Waals surface area contributed by atoms with Crippen LogP contribution in [-0.4, -0.2) is 28.1 Å². The van der Waals surface area contributed by atoms with Crippen LogP contribution in [0.15, 0.2) is 12.1 Å². The molecule has 1 aromatic carbocycles. The van der Waals surface area contributed by atoms with Crippen LogP contribution in [-0.2, 0) is 16.1 Å². The number of hydrogen-bond donors (Lipinski definition) is 0. The van der Waals surface area contributed by atoms with Gasteiger partial charge in [-0.1, -0.05) is 5.21 Å². The summed E-state index contributed by atoms with van der Waals surface area (Å²) in [4.78, 5) is 11.0. The molecule has 0 spiro atoms. The molecular formula is C13H17N3O2. The highest BCUT2D eigenvalue weighted by molar-refractivity contribution is 5.76. The van der Waals surface area contributed by atoms with Gasteiger partial charge in [0.05, 0.1) is 12.6 Å². The third-order valence-corrected chi connectivity index (χ3v) is 3.11. The SMILES string of the molecule is COC(=O)CCCn1nnc2cc(C)c(C)cc21. The number of carbonyl (C=O) groups excluding carboxylic acids is 1. The first-order valence-corrected chi connectivity index (χ1v) is 5.99. The Bertz CT molecular complexity index is 575. The van der Waals surface area contributed by atoms with Gasteiger partial charge in [0.1, 0.15) is 5.52 Å². The Morgan fingerprint density at radius 1 is 1.33 bits per heavy atom. The number of fused-ring (bicyclic) bond motifs is 1. The summed E-state index contributed by atoms with van der Waals surface area (Å²) < 4.78 is 6.45. The quantitative estimate of drug-likeness (QED) is 0.775. The molecule has 0 amide bonds. The molecule has 5 heteroatoms. The highest BCUT2D eigenvalue weighted by atomic mass is 16.5. The molecule has 0 aliphatic rings. The van der Waals surface area contributed by atoms with Crippen LogP contribution in [0.3, 0.4) is 0 Å². The van der Waals surface area contributed by atoms with Gasteiger partial charge in [0.2, 0.25) is 0 Å². The number of aryl methyl sites for hydroxylation is 3. The number of hydrogen-bond acceptors (Lipinski definition) is 4. The van der Waals surface area contributed by atoms with Gasteiger partial charge in [-0.25, -0.2) is 4.68 Å². The molecular weight excluding hydrogens is 230 g/mol. The summed E-state index contributed by atoms with van der Waals surface area (Å²) >= 11 is 0. The molecule has 0 saturated heterocycles. The van der Waals surface area contributed by atoms with Crippen molar-refractivity contribution in [3.8, 4) is 0 Å². The van der Waals surface area contributed by atoms with Gasteiger partial charge < -0.3 is 4.74 Å². The van der Waals surface area contributed by atoms with Crippen LogP contribution in [0.2, 0.25) is 0 Å². The van der Waals surface area contributed by atoms with E-state index in [0.29, 0.717) is 19.4 Å². The first-order chi connectivity index (χ1) is 8.61. The van der Waals surface area contributed by atoms with E-state index in [9.17, 15) is 4.79 Å². The Labute approximate surface area is 106 Å². The first-order valence-electron chi connectivity index (χ1n) is 5.99. The number of aromatic nitrogens is 3. The fourth-order valence-electron chi connectivity index (χ4n) is 1.86. The minimum absolute atomic E-state index is 0.188. The van der Waals surface area contributed by atoms with Crippen molar-refractivity contribution in [2.45, 2.75) is 33.2 Å². The van der Waals surface area contributed by atoms with Crippen LogP contribution in [0.1, 0.15) is 24.0 Å². The standard InChI is InChI=1S/C13H17N3O2/c1-9-7-11-12(8-10(9)2)16(15-14-11)6-4-5-13(17)18-3/h7-8H,4-6H2,1-3H3. The maximum absolute atomic E-state index is 11.0. The van der Waals surface area contributed by atoms with Crippen LogP contribution in [0, 0.1) is 13.8 Å². The molecule has 0 N–H and O–H groups in total. The molecule has 0 bridgehead atoms. The fourth-order valence-corrected chi connectivity index (χ4v) is 1.86. The molecule has 5 nitrogen and oxygen atoms in total. The van der Waals surface area contributed by atoms with Crippen LogP contribution in [0.4, 0.5) is 0 Å². The molecule has 0 aliphatic heterocycles. The lowest BCUT2D eigenvalue weighted by Gasteiger charge is -2.03. The Kier molecular flexibility index (Phi) is 3.60. The highest BCUT2D eigenvalue weighted by Gasteiger charge is 2.07. The fraction of sp³-hybridized carbons (Fsp3) is 0.462. The second-order valence-corrected chi connectivity index (χ2v) is 4.42. The van der Waals surface area contributed by atoms with Crippen molar-refractivity contribution in [3.05, 3.63) is 23.3 Å². The summed E-state index contributed by atoms with van der Waals surface area (Å²) in [6.07, 6.45) is 1.11. The molecule has 0 aliphatic carbocycles. The smallest absolute Gasteiger partial charge is 0.305 e. The lowest BCUT2D eigenvalue weighted by molar-refractivity contribution is -0.140. The number of esters is 1. The monoisotopic (exact) mass is 247 g/mol. The third kappa shape index (κ3) is 2.50. The van der Waals surface area contributed by atoms with Crippen molar-refractivity contribution in [1.82, 2.24) is 15.0 Å². The maximum atomic E-state index is 11.0. The van der Waals surface area contributed by atoms with Gasteiger partial charge in [0.15, 0.2) is 0 Å². The van der Waals surface area contributed by atoms with Crippen molar-refractivity contribution in [3.63, 3.8) is 0 Å². The molecule has 2 aromatic rings. The molecule has 2 rings (SSSR count). The van der Waals surface area contributed by atoms with Gasteiger partial charge in [-0.2, -0.15) is 0 Å². The number of nitrogens with zero attached hydrogens (tertiary/aromatic N) is 3. The Morgan fingerprint density at radius 3 is 2.78 bits per heavy atom. The number of carbonyl (C=O) groups is 1. The van der Waals surface area contributed by atoms with Gasteiger partial charge in [0.25, 0.3) is 0 Å². The van der Waals surface area contributed by atoms with E-state index in [1.54, 1.807) is 0 Å². The molecule has 0 unspecified atom stereocenters. The number of benzene rings is 1. The van der Waals surface area contributed by atoms with Crippen LogP contribution in [0.25, 0.3) is 11.0 Å². The van der Waals surface area contributed by atoms with E-state index < -0.39 is 0 Å². The summed E-state index contributed by atoms with van der Waals surface area (Å²) in [6, 6.07) is 4.12. The van der Waals surface area contributed by atoms with E-state index in [1.165, 1.54) is 18.2 Å². The Morgan fingerprint density at radius 2 is 2.06 bits per heavy atom. The van der Waals surface area contributed by atoms with Gasteiger partial charge in [-0.05, 0) is 43.5 Å². The van der Waals surface area contributed by atoms with Crippen molar-refractivity contribution in [2.75, 3.05) is 7.11 Å². The minimum Gasteiger partial charge on any atom is -0.469 e. The van der Waals surface area contributed by atoms with Crippen LogP contribution in [0.5, 0.6) is 0 Å². The summed E-state index contributed by atoms with van der Waals surface area (Å²) in [5.41, 5.74) is 4.35. The Balaban J connectivity index is 2.14. The van der Waals surface area contributed by atoms with Crippen LogP contribution < -0.4 is 0 Å². The average Bonchev–Trinajstić information content (AvgIpc) is 2.72. The zero-order valence-electron chi connectivity index (χ0n) is 10.9. The van der Waals surface area contributed by atoms with Crippen molar-refractivity contribution >= 4 is 17.0 Å². The van der Waals surface area contributed by atoms with Gasteiger partial charge >= 0.3 is 5.97 Å². The lowest BCUT2D eigenvalue weighted by Crippen LogP contribution is -2.05. The minimum atomic E-state index is -0.188. The molecule has 0 radical (unpaired) electrons. The van der Waals surface area contributed by atoms with Crippen molar-refractivity contribution < 1.29 is 9.53 Å². The number of ether oxygens (including phenoxy) is 1. The van der Waals surface area contributed by atoms with Gasteiger partial charge in [0, 0.05) is 13.0 Å². The zero-order valence-corrected chi connectivity index (χ0v) is 10.9. The molecule has 1 heterocycles. The first kappa shape index (κ1) is 12.5. The highest BCUT2D eigenvalue weighted by Crippen LogP contribution is 2.17. The summed E-state index contributed by atoms with van der Waals surface area (Å²) in [6.45, 7) is 4.81. The second kappa shape index (κ2) is 5.16. The normalized spacial score (nSPS) is 10.8. The number of methoxy groups -OCH3 is 1. The molecule has 1 aromatic heterocycles. The zero-order chi connectivity index (χ0) is 13.1. The van der Waals surface area contributed by atoms with E-state index >= 15 is 0 Å². The van der Waals surface area contributed by atoms with Gasteiger partial charge in [-0.15, -0.1) is 5.10 Å². The predicted molar refractivity (Wildman–Crippen MR) is 68.3 cm³/mol. The Hall–Kier alpha value is -1.91. The molecule has 18 heavy (non-hydrogen) atoms. The third-order valence-electron chi connectivity index (χ3n) is 3.11. The summed E-state index contributed by atoms with van der Waals surface area (Å²) in [7, 11) is 1.40. The molecule has 96 valence electrons. The van der Waals surface area contributed by atoms with E-state index in [1.807, 2.05) is 10.7 Å². The predicted octanol–water partition coefficient (Wildman–Crippen LogP) is 2.00. The molecule has 0 saturated carbocycles. The average molecular weight is 247 g/mol. The largest absolute Gasteiger partial charge is 0.469 e. The van der Waals surface area contributed by atoms with E-state index in [-0.39, 0.29) is 5.97 Å². The van der Waals surface area contributed by atoms with Crippen molar-refractivity contribution in [1.29, 1.82) is 0 Å². The second-order valence-electron chi connectivity index (χ2n) is 4.42. The van der Waals surface area contributed by atoms with E-state index in [0.717, 1.165) is 11.0 Å². The van der Waals surface area contributed by atoms with Crippen molar-refractivity contribution in [2.24, 2.45) is 0 Å². The van der Waals surface area contributed by atoms with E-state index in [4.69, 9.17) is 0 Å². The molecule has 0 fully saturated rings. The molecule has 0 atom stereocenters. The van der Waals surface area contributed by atoms with Gasteiger partial charge in [-0.3, -0.25) is 4.79 Å².